The number of aromatic carboxylic acids is 1. The van der Waals surface area contributed by atoms with E-state index >= 15 is 0 Å². The summed E-state index contributed by atoms with van der Waals surface area (Å²) < 4.78 is 36.7. The summed E-state index contributed by atoms with van der Waals surface area (Å²) in [5, 5.41) is 9.60. The van der Waals surface area contributed by atoms with Crippen molar-refractivity contribution in [2.75, 3.05) is 14.2 Å². The fourth-order valence-electron chi connectivity index (χ4n) is 2.35. The zero-order valence-corrected chi connectivity index (χ0v) is 14.0. The first-order valence-electron chi connectivity index (χ1n) is 6.95. The molecule has 0 aliphatic heterocycles. The number of carbonyl (C=O) groups is 1. The Bertz CT molecular complexity index is 1060. The van der Waals surface area contributed by atoms with Crippen molar-refractivity contribution < 1.29 is 27.8 Å². The number of aromatic nitrogens is 3. The molecule has 0 radical (unpaired) electrons. The number of ether oxygens (including phenoxy) is 2. The summed E-state index contributed by atoms with van der Waals surface area (Å²) in [6, 6.07) is 8.45. The van der Waals surface area contributed by atoms with Crippen molar-refractivity contribution in [2.45, 2.75) is 4.90 Å². The molecule has 10 heteroatoms. The van der Waals surface area contributed by atoms with Gasteiger partial charge < -0.3 is 14.6 Å². The number of fused-ring (bicyclic) bond motifs is 1. The Morgan fingerprint density at radius 1 is 1.12 bits per heavy atom. The van der Waals surface area contributed by atoms with Gasteiger partial charge in [-0.15, -0.1) is 0 Å². The number of methoxy groups -OCH3 is 2. The fourth-order valence-corrected chi connectivity index (χ4v) is 3.81. The first kappa shape index (κ1) is 16.7. The number of benzene rings is 1. The van der Waals surface area contributed by atoms with Crippen LogP contribution in [-0.2, 0) is 10.0 Å². The quantitative estimate of drug-likeness (QED) is 0.722. The van der Waals surface area contributed by atoms with Crippen LogP contribution < -0.4 is 9.47 Å². The van der Waals surface area contributed by atoms with E-state index in [1.165, 1.54) is 38.5 Å². The second-order valence-corrected chi connectivity index (χ2v) is 6.66. The van der Waals surface area contributed by atoms with E-state index < -0.39 is 21.7 Å². The van der Waals surface area contributed by atoms with Crippen LogP contribution in [0.25, 0.3) is 11.0 Å². The van der Waals surface area contributed by atoms with Gasteiger partial charge in [-0.1, -0.05) is 18.2 Å². The van der Waals surface area contributed by atoms with Gasteiger partial charge in [-0.05, 0) is 18.2 Å². The SMILES string of the molecule is COc1nc(OC)c2cc(C(=O)O)n(S(=O)(=O)c3ccccc3)c2n1. The number of carboxylic acid groups (broad SMARTS) is 1. The van der Waals surface area contributed by atoms with Crippen LogP contribution in [0, 0.1) is 0 Å². The number of hydrogen-bond donors (Lipinski definition) is 1. The van der Waals surface area contributed by atoms with E-state index in [9.17, 15) is 18.3 Å². The third kappa shape index (κ3) is 2.66. The largest absolute Gasteiger partial charge is 0.480 e. The summed E-state index contributed by atoms with van der Waals surface area (Å²) in [4.78, 5) is 19.5. The molecule has 0 saturated heterocycles. The molecule has 3 rings (SSSR count). The summed E-state index contributed by atoms with van der Waals surface area (Å²) >= 11 is 0. The van der Waals surface area contributed by atoms with Crippen LogP contribution in [0.3, 0.4) is 0 Å². The number of rotatable bonds is 5. The molecule has 2 aromatic heterocycles. The highest BCUT2D eigenvalue weighted by Crippen LogP contribution is 2.31. The Kier molecular flexibility index (Phi) is 4.05. The van der Waals surface area contributed by atoms with Gasteiger partial charge in [0.2, 0.25) is 5.88 Å². The zero-order chi connectivity index (χ0) is 18.2. The lowest BCUT2D eigenvalue weighted by molar-refractivity contribution is 0.0689. The molecule has 0 atom stereocenters. The van der Waals surface area contributed by atoms with E-state index in [4.69, 9.17) is 9.47 Å². The lowest BCUT2D eigenvalue weighted by Gasteiger charge is -2.10. The zero-order valence-electron chi connectivity index (χ0n) is 13.2. The van der Waals surface area contributed by atoms with E-state index in [-0.39, 0.29) is 27.8 Å². The smallest absolute Gasteiger partial charge is 0.353 e. The molecule has 0 aliphatic carbocycles. The molecule has 0 aliphatic rings. The average Bonchev–Trinajstić information content (AvgIpc) is 3.02. The molecule has 0 spiro atoms. The first-order chi connectivity index (χ1) is 11.9. The minimum Gasteiger partial charge on any atom is -0.480 e. The molecule has 0 amide bonds. The van der Waals surface area contributed by atoms with Gasteiger partial charge in [-0.3, -0.25) is 0 Å². The predicted molar refractivity (Wildman–Crippen MR) is 86.6 cm³/mol. The summed E-state index contributed by atoms with van der Waals surface area (Å²) in [5.41, 5.74) is -0.635. The summed E-state index contributed by atoms with van der Waals surface area (Å²) in [5.74, 6) is -1.43. The second kappa shape index (κ2) is 6.06. The Morgan fingerprint density at radius 3 is 2.36 bits per heavy atom. The maximum atomic E-state index is 13.0. The molecule has 0 bridgehead atoms. The van der Waals surface area contributed by atoms with E-state index in [2.05, 4.69) is 9.97 Å². The van der Waals surface area contributed by atoms with Crippen LogP contribution in [0.1, 0.15) is 10.5 Å². The molecule has 130 valence electrons. The van der Waals surface area contributed by atoms with E-state index in [1.54, 1.807) is 6.07 Å². The van der Waals surface area contributed by atoms with Gasteiger partial charge in [0.1, 0.15) is 5.69 Å². The van der Waals surface area contributed by atoms with Crippen LogP contribution in [0.4, 0.5) is 0 Å². The van der Waals surface area contributed by atoms with E-state index in [0.29, 0.717) is 3.97 Å². The molecular weight excluding hydrogens is 350 g/mol. The second-order valence-electron chi connectivity index (χ2n) is 4.87. The van der Waals surface area contributed by atoms with Crippen molar-refractivity contribution in [3.8, 4) is 11.9 Å². The minimum atomic E-state index is -4.21. The lowest BCUT2D eigenvalue weighted by atomic mass is 10.3. The molecule has 25 heavy (non-hydrogen) atoms. The van der Waals surface area contributed by atoms with Crippen molar-refractivity contribution in [3.63, 3.8) is 0 Å². The van der Waals surface area contributed by atoms with E-state index in [1.807, 2.05) is 0 Å². The topological polar surface area (TPSA) is 121 Å². The maximum Gasteiger partial charge on any atom is 0.353 e. The van der Waals surface area contributed by atoms with Crippen molar-refractivity contribution in [1.82, 2.24) is 13.9 Å². The van der Waals surface area contributed by atoms with Gasteiger partial charge in [-0.25, -0.2) is 17.2 Å². The Morgan fingerprint density at radius 2 is 1.80 bits per heavy atom. The molecular formula is C15H13N3O6S. The van der Waals surface area contributed by atoms with Crippen LogP contribution in [0.15, 0.2) is 41.3 Å². The van der Waals surface area contributed by atoms with Crippen LogP contribution >= 0.6 is 0 Å². The number of hydrogen-bond acceptors (Lipinski definition) is 7. The fraction of sp³-hybridized carbons (Fsp3) is 0.133. The molecule has 3 aromatic rings. The van der Waals surface area contributed by atoms with Crippen molar-refractivity contribution >= 4 is 27.0 Å². The van der Waals surface area contributed by atoms with Gasteiger partial charge in [0.05, 0.1) is 24.5 Å². The van der Waals surface area contributed by atoms with Crippen molar-refractivity contribution in [3.05, 3.63) is 42.1 Å². The molecule has 1 N–H and O–H groups in total. The molecule has 0 unspecified atom stereocenters. The monoisotopic (exact) mass is 363 g/mol. The van der Waals surface area contributed by atoms with Crippen molar-refractivity contribution in [2.24, 2.45) is 0 Å². The van der Waals surface area contributed by atoms with Gasteiger partial charge in [0.15, 0.2) is 5.65 Å². The maximum absolute atomic E-state index is 13.0. The highest BCUT2D eigenvalue weighted by molar-refractivity contribution is 7.90. The summed E-state index contributed by atoms with van der Waals surface area (Å²) in [6.07, 6.45) is 0. The van der Waals surface area contributed by atoms with Gasteiger partial charge >= 0.3 is 12.0 Å². The number of nitrogens with zero attached hydrogens (tertiary/aromatic N) is 3. The summed E-state index contributed by atoms with van der Waals surface area (Å²) in [6.45, 7) is 0. The first-order valence-corrected chi connectivity index (χ1v) is 8.39. The normalized spacial score (nSPS) is 11.4. The minimum absolute atomic E-state index is 0.00589. The van der Waals surface area contributed by atoms with Gasteiger partial charge in [0.25, 0.3) is 10.0 Å². The third-order valence-electron chi connectivity index (χ3n) is 3.44. The van der Waals surface area contributed by atoms with Crippen LogP contribution in [0.5, 0.6) is 11.9 Å². The van der Waals surface area contributed by atoms with Crippen LogP contribution in [0.2, 0.25) is 0 Å². The van der Waals surface area contributed by atoms with Crippen molar-refractivity contribution in [1.29, 1.82) is 0 Å². The standard InChI is InChI=1S/C15H13N3O6S/c1-23-13-10-8-11(14(19)20)18(12(10)16-15(17-13)24-2)25(21,22)9-6-4-3-5-7-9/h3-8H,1-2H3,(H,19,20). The summed E-state index contributed by atoms with van der Waals surface area (Å²) in [7, 11) is -1.59. The third-order valence-corrected chi connectivity index (χ3v) is 5.16. The van der Waals surface area contributed by atoms with Gasteiger partial charge in [-0.2, -0.15) is 9.97 Å². The molecule has 0 saturated carbocycles. The van der Waals surface area contributed by atoms with Gasteiger partial charge in [0, 0.05) is 0 Å². The van der Waals surface area contributed by atoms with E-state index in [0.717, 1.165) is 6.07 Å². The lowest BCUT2D eigenvalue weighted by Crippen LogP contribution is -2.19. The molecule has 1 aromatic carbocycles. The number of carboxylic acids is 1. The molecule has 9 nitrogen and oxygen atoms in total. The Balaban J connectivity index is 2.44. The Labute approximate surface area is 142 Å². The predicted octanol–water partition coefficient (Wildman–Crippen LogP) is 1.38. The average molecular weight is 363 g/mol. The molecule has 0 fully saturated rings. The highest BCUT2D eigenvalue weighted by Gasteiger charge is 2.29. The Hall–Kier alpha value is -3.14. The van der Waals surface area contributed by atoms with Crippen LogP contribution in [-0.4, -0.2) is 47.7 Å². The highest BCUT2D eigenvalue weighted by atomic mass is 32.2. The molecule has 2 heterocycles.